The number of hydrogen-bond acceptors (Lipinski definition) is 3. The fourth-order valence-corrected chi connectivity index (χ4v) is 3.17. The third-order valence-electron chi connectivity index (χ3n) is 4.13. The van der Waals surface area contributed by atoms with Crippen molar-refractivity contribution in [3.05, 3.63) is 35.4 Å². The quantitative estimate of drug-likeness (QED) is 0.846. The molecule has 0 bridgehead atoms. The van der Waals surface area contributed by atoms with Gasteiger partial charge in [-0.15, -0.1) is 0 Å². The first-order valence-corrected chi connectivity index (χ1v) is 10.1. The van der Waals surface area contributed by atoms with Crippen LogP contribution in [0.1, 0.15) is 29.9 Å². The molecule has 2 N–H and O–H groups in total. The van der Waals surface area contributed by atoms with E-state index in [1.807, 2.05) is 4.90 Å². The normalized spacial score (nSPS) is 16.1. The van der Waals surface area contributed by atoms with Crippen LogP contribution in [0.3, 0.4) is 0 Å². The number of nitrogens with two attached hydrogens (primary N) is 1. The van der Waals surface area contributed by atoms with Gasteiger partial charge in [0.05, 0.1) is 12.5 Å². The van der Waals surface area contributed by atoms with E-state index >= 15 is 0 Å². The number of rotatable bonds is 5. The number of hydrogen-bond donors (Lipinski definition) is 1. The Labute approximate surface area is 136 Å². The first kappa shape index (κ1) is 17.2. The lowest BCUT2D eigenvalue weighted by Gasteiger charge is -2.31. The maximum Gasteiger partial charge on any atom is 0.409 e. The van der Waals surface area contributed by atoms with Crippen molar-refractivity contribution in [2.75, 3.05) is 38.0 Å². The zero-order valence-electron chi connectivity index (χ0n) is 13.6. The van der Waals surface area contributed by atoms with Gasteiger partial charge in [-0.05, 0) is 40.8 Å². The van der Waals surface area contributed by atoms with Crippen LogP contribution in [0.4, 0.5) is 4.79 Å². The first-order valence-electron chi connectivity index (χ1n) is 7.85. The van der Waals surface area contributed by atoms with Crippen molar-refractivity contribution in [3.8, 4) is 0 Å². The monoisotopic (exact) mass is 323 g/mol. The van der Waals surface area contributed by atoms with E-state index in [4.69, 9.17) is 10.5 Å². The zero-order valence-corrected chi connectivity index (χ0v) is 14.4. The molecule has 1 fully saturated rings. The van der Waals surface area contributed by atoms with Gasteiger partial charge >= 0.3 is 6.09 Å². The van der Waals surface area contributed by atoms with E-state index in [1.165, 1.54) is 11.1 Å². The van der Waals surface area contributed by atoms with Crippen LogP contribution in [0.2, 0.25) is 0 Å². The van der Waals surface area contributed by atoms with Crippen LogP contribution in [0.5, 0.6) is 0 Å². The number of piperidine rings is 1. The molecular formula is C17H27N2O2S+. The van der Waals surface area contributed by atoms with Gasteiger partial charge in [-0.3, -0.25) is 0 Å². The molecule has 1 saturated heterocycles. The number of amides is 1. The molecule has 122 valence electrons. The van der Waals surface area contributed by atoms with Crippen molar-refractivity contribution >= 4 is 17.0 Å². The molecule has 1 aliphatic heterocycles. The van der Waals surface area contributed by atoms with Gasteiger partial charge < -0.3 is 15.4 Å². The summed E-state index contributed by atoms with van der Waals surface area (Å²) in [4.78, 5) is 13.9. The molecule has 0 aliphatic carbocycles. The summed E-state index contributed by atoms with van der Waals surface area (Å²) >= 11 is 0. The molecule has 2 rings (SSSR count). The maximum absolute atomic E-state index is 12.0. The molecule has 1 aromatic rings. The van der Waals surface area contributed by atoms with Gasteiger partial charge in [0.2, 0.25) is 0 Å². The molecule has 0 radical (unpaired) electrons. The highest BCUT2D eigenvalue weighted by Gasteiger charge is 2.25. The Kier molecular flexibility index (Phi) is 6.58. The van der Waals surface area contributed by atoms with Crippen LogP contribution in [-0.4, -0.2) is 49.0 Å². The molecule has 0 saturated carbocycles. The third-order valence-corrected chi connectivity index (χ3v) is 5.11. The summed E-state index contributed by atoms with van der Waals surface area (Å²) in [7, 11) is 0.323. The van der Waals surface area contributed by atoms with Crippen molar-refractivity contribution in [1.82, 2.24) is 4.90 Å². The van der Waals surface area contributed by atoms with E-state index in [2.05, 4.69) is 36.8 Å². The van der Waals surface area contributed by atoms with Crippen LogP contribution in [0.25, 0.3) is 0 Å². The Morgan fingerprint density at radius 3 is 2.73 bits per heavy atom. The molecule has 5 heteroatoms. The Morgan fingerprint density at radius 1 is 1.36 bits per heavy atom. The second kappa shape index (κ2) is 8.44. The zero-order chi connectivity index (χ0) is 15.9. The molecular weight excluding hydrogens is 296 g/mol. The highest BCUT2D eigenvalue weighted by Crippen LogP contribution is 2.28. The predicted molar refractivity (Wildman–Crippen MR) is 93.3 cm³/mol. The van der Waals surface area contributed by atoms with Crippen molar-refractivity contribution < 1.29 is 9.53 Å². The Morgan fingerprint density at radius 2 is 2.09 bits per heavy atom. The minimum Gasteiger partial charge on any atom is -0.444 e. The minimum absolute atomic E-state index is 0.153. The lowest BCUT2D eigenvalue weighted by atomic mass is 9.89. The summed E-state index contributed by atoms with van der Waals surface area (Å²) in [6.07, 6.45) is 6.16. The summed E-state index contributed by atoms with van der Waals surface area (Å²) in [6, 6.07) is 8.50. The average Bonchev–Trinajstić information content (AvgIpc) is 2.54. The topological polar surface area (TPSA) is 55.6 Å². The van der Waals surface area contributed by atoms with Crippen molar-refractivity contribution in [3.63, 3.8) is 0 Å². The second-order valence-electron chi connectivity index (χ2n) is 6.01. The Hall–Kier alpha value is -1.20. The maximum atomic E-state index is 12.0. The van der Waals surface area contributed by atoms with Gasteiger partial charge in [0, 0.05) is 19.6 Å². The number of benzene rings is 1. The molecule has 22 heavy (non-hydrogen) atoms. The molecule has 0 spiro atoms. The minimum atomic E-state index is -0.153. The molecule has 1 amide bonds. The van der Waals surface area contributed by atoms with Gasteiger partial charge in [-0.25, -0.2) is 4.79 Å². The number of ether oxygens (including phenoxy) is 1. The van der Waals surface area contributed by atoms with Crippen molar-refractivity contribution in [2.45, 2.75) is 25.3 Å². The van der Waals surface area contributed by atoms with Gasteiger partial charge in [-0.2, -0.15) is 0 Å². The summed E-state index contributed by atoms with van der Waals surface area (Å²) in [5, 5.41) is 0. The molecule has 1 aromatic carbocycles. The molecule has 0 aromatic heterocycles. The van der Waals surface area contributed by atoms with Gasteiger partial charge in [0.15, 0.2) is 0 Å². The number of carbonyl (C=O) groups excluding carboxylic acids is 1. The lowest BCUT2D eigenvalue weighted by Crippen LogP contribution is -2.38. The standard InChI is InChI=1S/C17H27N2O2S/c1-22(2)11-10-21-17(20)19-8-6-15(7-9-19)16-5-3-4-14(12-16)13-18/h3-5,12,15H,6-11,13,18H2,1-2H3/q+1. The number of nitrogens with zero attached hydrogens (tertiary/aromatic N) is 1. The van der Waals surface area contributed by atoms with Crippen LogP contribution >= 0.6 is 0 Å². The summed E-state index contributed by atoms with van der Waals surface area (Å²) in [5.74, 6) is 1.47. The van der Waals surface area contributed by atoms with Gasteiger partial charge in [0.1, 0.15) is 12.4 Å². The van der Waals surface area contributed by atoms with E-state index in [0.29, 0.717) is 30.0 Å². The largest absolute Gasteiger partial charge is 0.444 e. The third kappa shape index (κ3) is 4.92. The SMILES string of the molecule is C[S+](C)CCOC(=O)N1CCC(c2cccc(CN)c2)CC1. The van der Waals surface area contributed by atoms with Gasteiger partial charge in [0.25, 0.3) is 0 Å². The number of likely N-dealkylation sites (tertiary alicyclic amines) is 1. The van der Waals surface area contributed by atoms with Gasteiger partial charge in [-0.1, -0.05) is 24.3 Å². The fraction of sp³-hybridized carbons (Fsp3) is 0.588. The summed E-state index contributed by atoms with van der Waals surface area (Å²) in [5.41, 5.74) is 8.23. The second-order valence-corrected chi connectivity index (χ2v) is 8.39. The summed E-state index contributed by atoms with van der Waals surface area (Å²) in [6.45, 7) is 2.67. The van der Waals surface area contributed by atoms with E-state index in [0.717, 1.165) is 31.7 Å². The predicted octanol–water partition coefficient (Wildman–Crippen LogP) is 2.34. The molecule has 4 nitrogen and oxygen atoms in total. The van der Waals surface area contributed by atoms with Crippen LogP contribution in [0, 0.1) is 0 Å². The van der Waals surface area contributed by atoms with Crippen LogP contribution in [-0.2, 0) is 22.2 Å². The van der Waals surface area contributed by atoms with Crippen LogP contribution in [0.15, 0.2) is 24.3 Å². The molecule has 1 heterocycles. The van der Waals surface area contributed by atoms with E-state index in [9.17, 15) is 4.79 Å². The van der Waals surface area contributed by atoms with E-state index in [-0.39, 0.29) is 6.09 Å². The lowest BCUT2D eigenvalue weighted by molar-refractivity contribution is 0.0978. The first-order chi connectivity index (χ1) is 10.6. The van der Waals surface area contributed by atoms with E-state index < -0.39 is 0 Å². The highest BCUT2D eigenvalue weighted by atomic mass is 32.2. The van der Waals surface area contributed by atoms with Crippen LogP contribution < -0.4 is 5.73 Å². The summed E-state index contributed by atoms with van der Waals surface area (Å²) < 4.78 is 5.35. The van der Waals surface area contributed by atoms with E-state index in [1.54, 1.807) is 0 Å². The molecule has 0 unspecified atom stereocenters. The van der Waals surface area contributed by atoms with Crippen molar-refractivity contribution in [1.29, 1.82) is 0 Å². The highest BCUT2D eigenvalue weighted by molar-refractivity contribution is 7.95. The fourth-order valence-electron chi connectivity index (χ4n) is 2.76. The number of carbonyl (C=O) groups is 1. The average molecular weight is 323 g/mol. The Balaban J connectivity index is 1.81. The van der Waals surface area contributed by atoms with Crippen molar-refractivity contribution in [2.24, 2.45) is 5.73 Å². The molecule has 1 aliphatic rings. The smallest absolute Gasteiger partial charge is 0.409 e. The Bertz CT molecular complexity index is 485. The molecule has 0 atom stereocenters.